The van der Waals surface area contributed by atoms with Crippen LogP contribution in [0.25, 0.3) is 0 Å². The van der Waals surface area contributed by atoms with Crippen LogP contribution >= 0.6 is 0 Å². The number of piperazine rings is 1. The SMILES string of the molecule is Cc1noc(C)c1S(=O)(=O)N1CCC(CC(=O)N2CCN(C(=O)C3CCCC3)CC2)CC1. The third-order valence-electron chi connectivity index (χ3n) is 7.25. The molecule has 0 atom stereocenters. The molecule has 3 heterocycles. The lowest BCUT2D eigenvalue weighted by Gasteiger charge is -2.37. The number of hydrogen-bond donors (Lipinski definition) is 0. The number of carbonyl (C=O) groups excluding carboxylic acids is 2. The van der Waals surface area contributed by atoms with E-state index in [1.54, 1.807) is 13.8 Å². The number of piperidine rings is 1. The normalized spacial score (nSPS) is 21.9. The maximum atomic E-state index is 13.0. The van der Waals surface area contributed by atoms with E-state index in [0.717, 1.165) is 25.7 Å². The molecule has 0 radical (unpaired) electrons. The van der Waals surface area contributed by atoms with Gasteiger partial charge in [-0.3, -0.25) is 9.59 Å². The van der Waals surface area contributed by atoms with Crippen LogP contribution in [0.2, 0.25) is 0 Å². The van der Waals surface area contributed by atoms with Crippen LogP contribution in [0, 0.1) is 25.7 Å². The molecule has 1 aliphatic carbocycles. The molecule has 32 heavy (non-hydrogen) atoms. The number of aromatic nitrogens is 1. The van der Waals surface area contributed by atoms with Crippen molar-refractivity contribution >= 4 is 21.8 Å². The lowest BCUT2D eigenvalue weighted by atomic mass is 9.94. The minimum atomic E-state index is -3.63. The summed E-state index contributed by atoms with van der Waals surface area (Å²) in [5.74, 6) is 1.05. The van der Waals surface area contributed by atoms with E-state index in [2.05, 4.69) is 5.16 Å². The highest BCUT2D eigenvalue weighted by Gasteiger charge is 2.35. The summed E-state index contributed by atoms with van der Waals surface area (Å²) in [5, 5.41) is 3.77. The highest BCUT2D eigenvalue weighted by Crippen LogP contribution is 2.30. The number of rotatable bonds is 5. The van der Waals surface area contributed by atoms with Crippen LogP contribution in [-0.2, 0) is 19.6 Å². The number of nitrogens with zero attached hydrogens (tertiary/aromatic N) is 4. The van der Waals surface area contributed by atoms with Crippen LogP contribution in [0.3, 0.4) is 0 Å². The molecule has 0 aromatic carbocycles. The second-order valence-corrected chi connectivity index (χ2v) is 11.3. The van der Waals surface area contributed by atoms with Crippen LogP contribution < -0.4 is 0 Å². The molecule has 9 nitrogen and oxygen atoms in total. The van der Waals surface area contributed by atoms with Gasteiger partial charge in [-0.15, -0.1) is 0 Å². The first-order valence-electron chi connectivity index (χ1n) is 11.8. The van der Waals surface area contributed by atoms with Crippen molar-refractivity contribution in [1.82, 2.24) is 19.3 Å². The Labute approximate surface area is 190 Å². The van der Waals surface area contributed by atoms with Crippen LogP contribution in [0.15, 0.2) is 9.42 Å². The predicted molar refractivity (Wildman–Crippen MR) is 117 cm³/mol. The predicted octanol–water partition coefficient (Wildman–Crippen LogP) is 1.94. The molecule has 3 fully saturated rings. The molecule has 3 aliphatic rings. The minimum Gasteiger partial charge on any atom is -0.360 e. The molecule has 1 aromatic rings. The average molecular weight is 467 g/mol. The summed E-state index contributed by atoms with van der Waals surface area (Å²) in [7, 11) is -3.63. The molecule has 10 heteroatoms. The fraction of sp³-hybridized carbons (Fsp3) is 0.773. The van der Waals surface area contributed by atoms with Gasteiger partial charge >= 0.3 is 0 Å². The van der Waals surface area contributed by atoms with Crippen molar-refractivity contribution in [3.8, 4) is 0 Å². The topological polar surface area (TPSA) is 104 Å². The molecule has 0 spiro atoms. The second-order valence-electron chi connectivity index (χ2n) is 9.39. The Morgan fingerprint density at radius 2 is 1.53 bits per heavy atom. The Bertz CT molecular complexity index is 918. The molecule has 0 N–H and O–H groups in total. The molecule has 0 unspecified atom stereocenters. The van der Waals surface area contributed by atoms with E-state index < -0.39 is 10.0 Å². The summed E-state index contributed by atoms with van der Waals surface area (Å²) in [5.41, 5.74) is 0.380. The van der Waals surface area contributed by atoms with E-state index in [-0.39, 0.29) is 28.5 Å². The monoisotopic (exact) mass is 466 g/mol. The lowest BCUT2D eigenvalue weighted by Crippen LogP contribution is -2.52. The Morgan fingerprint density at radius 3 is 2.09 bits per heavy atom. The molecule has 2 saturated heterocycles. The molecular formula is C22H34N4O5S. The van der Waals surface area contributed by atoms with Gasteiger partial charge in [-0.25, -0.2) is 8.42 Å². The molecule has 178 valence electrons. The van der Waals surface area contributed by atoms with Crippen LogP contribution in [-0.4, -0.2) is 78.8 Å². The first-order valence-corrected chi connectivity index (χ1v) is 13.2. The van der Waals surface area contributed by atoms with E-state index in [0.29, 0.717) is 70.0 Å². The van der Waals surface area contributed by atoms with Crippen molar-refractivity contribution < 1.29 is 22.5 Å². The highest BCUT2D eigenvalue weighted by molar-refractivity contribution is 7.89. The summed E-state index contributed by atoms with van der Waals surface area (Å²) in [6.07, 6.45) is 6.06. The number of aryl methyl sites for hydroxylation is 2. The average Bonchev–Trinajstić information content (AvgIpc) is 3.44. The Hall–Kier alpha value is -1.94. The molecule has 2 aliphatic heterocycles. The first kappa shape index (κ1) is 23.2. The Kier molecular flexibility index (Phi) is 6.90. The first-order chi connectivity index (χ1) is 15.3. The van der Waals surface area contributed by atoms with Gasteiger partial charge in [0.2, 0.25) is 21.8 Å². The maximum Gasteiger partial charge on any atom is 0.248 e. The van der Waals surface area contributed by atoms with Gasteiger partial charge in [0.25, 0.3) is 0 Å². The van der Waals surface area contributed by atoms with Crippen LogP contribution in [0.4, 0.5) is 0 Å². The van der Waals surface area contributed by atoms with Crippen LogP contribution in [0.5, 0.6) is 0 Å². The van der Waals surface area contributed by atoms with Crippen LogP contribution in [0.1, 0.15) is 56.4 Å². The fourth-order valence-corrected chi connectivity index (χ4v) is 7.07. The van der Waals surface area contributed by atoms with Gasteiger partial charge in [-0.1, -0.05) is 18.0 Å². The largest absolute Gasteiger partial charge is 0.360 e. The van der Waals surface area contributed by atoms with Gasteiger partial charge in [-0.2, -0.15) is 4.31 Å². The van der Waals surface area contributed by atoms with Crippen molar-refractivity contribution in [2.75, 3.05) is 39.3 Å². The van der Waals surface area contributed by atoms with Gasteiger partial charge in [0.05, 0.1) is 0 Å². The molecule has 1 saturated carbocycles. The van der Waals surface area contributed by atoms with Crippen molar-refractivity contribution in [3.05, 3.63) is 11.5 Å². The standard InChI is InChI=1S/C22H34N4O5S/c1-16-21(17(2)31-23-16)32(29,30)26-9-7-18(8-10-26)15-20(27)24-11-13-25(14-12-24)22(28)19-5-3-4-6-19/h18-19H,3-15H2,1-2H3. The quantitative estimate of drug-likeness (QED) is 0.657. The van der Waals surface area contributed by atoms with Gasteiger partial charge in [-0.05, 0) is 45.4 Å². The molecule has 2 amide bonds. The summed E-state index contributed by atoms with van der Waals surface area (Å²) in [6.45, 7) is 6.47. The van der Waals surface area contributed by atoms with Gasteiger partial charge < -0.3 is 14.3 Å². The van der Waals surface area contributed by atoms with Crippen molar-refractivity contribution in [2.24, 2.45) is 11.8 Å². The van der Waals surface area contributed by atoms with E-state index >= 15 is 0 Å². The summed E-state index contributed by atoms with van der Waals surface area (Å²) >= 11 is 0. The number of amides is 2. The zero-order valence-electron chi connectivity index (χ0n) is 19.1. The van der Waals surface area contributed by atoms with E-state index in [9.17, 15) is 18.0 Å². The lowest BCUT2D eigenvalue weighted by molar-refractivity contribution is -0.142. The van der Waals surface area contributed by atoms with E-state index in [1.165, 1.54) is 4.31 Å². The third-order valence-corrected chi connectivity index (χ3v) is 9.39. The molecular weight excluding hydrogens is 432 g/mol. The summed E-state index contributed by atoms with van der Waals surface area (Å²) in [6, 6.07) is 0. The minimum absolute atomic E-state index is 0.116. The van der Waals surface area contributed by atoms with Crippen molar-refractivity contribution in [1.29, 1.82) is 0 Å². The molecule has 4 rings (SSSR count). The number of hydrogen-bond acceptors (Lipinski definition) is 6. The maximum absolute atomic E-state index is 13.0. The number of sulfonamides is 1. The number of carbonyl (C=O) groups is 2. The highest BCUT2D eigenvalue weighted by atomic mass is 32.2. The second kappa shape index (κ2) is 9.51. The van der Waals surface area contributed by atoms with E-state index in [1.807, 2.05) is 9.80 Å². The fourth-order valence-electron chi connectivity index (χ4n) is 5.31. The van der Waals surface area contributed by atoms with Gasteiger partial charge in [0.1, 0.15) is 10.6 Å². The third kappa shape index (κ3) is 4.71. The molecule has 0 bridgehead atoms. The van der Waals surface area contributed by atoms with E-state index in [4.69, 9.17) is 4.52 Å². The smallest absolute Gasteiger partial charge is 0.248 e. The van der Waals surface area contributed by atoms with Crippen molar-refractivity contribution in [2.45, 2.75) is 63.7 Å². The zero-order chi connectivity index (χ0) is 22.9. The molecule has 1 aromatic heterocycles. The summed E-state index contributed by atoms with van der Waals surface area (Å²) in [4.78, 5) is 29.4. The summed E-state index contributed by atoms with van der Waals surface area (Å²) < 4.78 is 32.4. The Morgan fingerprint density at radius 1 is 0.938 bits per heavy atom. The van der Waals surface area contributed by atoms with Gasteiger partial charge in [0, 0.05) is 51.6 Å². The van der Waals surface area contributed by atoms with Crippen molar-refractivity contribution in [3.63, 3.8) is 0 Å². The zero-order valence-corrected chi connectivity index (χ0v) is 19.9. The van der Waals surface area contributed by atoms with Gasteiger partial charge in [0.15, 0.2) is 5.76 Å². The Balaban J connectivity index is 1.24.